The molecule has 18 heavy (non-hydrogen) atoms. The number of aromatic nitrogens is 3. The van der Waals surface area contributed by atoms with Crippen LogP contribution >= 0.6 is 0 Å². The maximum atomic E-state index is 12.4. The summed E-state index contributed by atoms with van der Waals surface area (Å²) in [5.74, 6) is 0. The molecule has 0 radical (unpaired) electrons. The van der Waals surface area contributed by atoms with Gasteiger partial charge in [0.2, 0.25) is 0 Å². The number of H-pyrrole nitrogens is 1. The lowest BCUT2D eigenvalue weighted by atomic mass is 10.3. The van der Waals surface area contributed by atoms with Crippen LogP contribution in [0.5, 0.6) is 0 Å². The Kier molecular flexibility index (Phi) is 2.58. The number of aliphatic hydroxyl groups is 1. The number of aromatic amines is 1. The van der Waals surface area contributed by atoms with Crippen LogP contribution in [-0.2, 0) is 10.0 Å². The van der Waals surface area contributed by atoms with E-state index < -0.39 is 16.1 Å². The molecule has 96 valence electrons. The van der Waals surface area contributed by atoms with Gasteiger partial charge in [-0.1, -0.05) is 0 Å². The molecule has 1 atom stereocenters. The number of hydrogen-bond donors (Lipinski definition) is 2. The van der Waals surface area contributed by atoms with Crippen molar-refractivity contribution in [1.29, 1.82) is 0 Å². The van der Waals surface area contributed by atoms with Crippen molar-refractivity contribution < 1.29 is 13.5 Å². The number of nitrogens with zero attached hydrogens (tertiary/aromatic N) is 3. The molecule has 2 aromatic rings. The predicted molar refractivity (Wildman–Crippen MR) is 63.3 cm³/mol. The van der Waals surface area contributed by atoms with Crippen LogP contribution in [0.15, 0.2) is 23.4 Å². The molecule has 1 fully saturated rings. The van der Waals surface area contributed by atoms with Crippen LogP contribution in [0.1, 0.15) is 6.42 Å². The van der Waals surface area contributed by atoms with Gasteiger partial charge < -0.3 is 5.11 Å². The molecule has 0 amide bonds. The van der Waals surface area contributed by atoms with Crippen LogP contribution in [0.2, 0.25) is 0 Å². The summed E-state index contributed by atoms with van der Waals surface area (Å²) in [4.78, 5) is 3.98. The summed E-state index contributed by atoms with van der Waals surface area (Å²) in [5, 5.41) is 16.3. The minimum atomic E-state index is -3.64. The molecular formula is C10H12N4O3S. The average molecular weight is 268 g/mol. The lowest BCUT2D eigenvalue weighted by Crippen LogP contribution is -2.30. The Morgan fingerprint density at radius 3 is 3.06 bits per heavy atom. The predicted octanol–water partition coefficient (Wildman–Crippen LogP) is -0.287. The van der Waals surface area contributed by atoms with E-state index in [9.17, 15) is 13.5 Å². The second kappa shape index (κ2) is 4.01. The first kappa shape index (κ1) is 11.6. The maximum Gasteiger partial charge on any atom is 0.260 e. The molecule has 0 bridgehead atoms. The molecule has 3 heterocycles. The van der Waals surface area contributed by atoms with Crippen molar-refractivity contribution in [2.75, 3.05) is 13.1 Å². The normalized spacial score (nSPS) is 21.7. The number of fused-ring (bicyclic) bond motifs is 1. The van der Waals surface area contributed by atoms with Gasteiger partial charge in [0.05, 0.1) is 11.5 Å². The standard InChI is InChI=1S/C10H12N4O3S/c15-7-3-5-14(6-7)18(16,17)10-8-2-1-4-11-9(8)12-13-10/h1-2,4,7,15H,3,5-6H2,(H,11,12,13)/t7-/m1/s1. The number of rotatable bonds is 2. The van der Waals surface area contributed by atoms with E-state index in [4.69, 9.17) is 0 Å². The fraction of sp³-hybridized carbons (Fsp3) is 0.400. The van der Waals surface area contributed by atoms with E-state index in [1.807, 2.05) is 0 Å². The molecule has 0 spiro atoms. The van der Waals surface area contributed by atoms with Gasteiger partial charge in [-0.15, -0.1) is 0 Å². The van der Waals surface area contributed by atoms with Gasteiger partial charge >= 0.3 is 0 Å². The van der Waals surface area contributed by atoms with Crippen molar-refractivity contribution in [3.8, 4) is 0 Å². The minimum Gasteiger partial charge on any atom is -0.392 e. The van der Waals surface area contributed by atoms with E-state index in [1.165, 1.54) is 4.31 Å². The van der Waals surface area contributed by atoms with E-state index in [1.54, 1.807) is 18.3 Å². The third-order valence-corrected chi connectivity index (χ3v) is 4.86. The van der Waals surface area contributed by atoms with Crippen LogP contribution in [0.25, 0.3) is 11.0 Å². The van der Waals surface area contributed by atoms with Crippen LogP contribution in [0.3, 0.4) is 0 Å². The van der Waals surface area contributed by atoms with Gasteiger partial charge in [-0.25, -0.2) is 13.4 Å². The first-order valence-corrected chi connectivity index (χ1v) is 7.00. The van der Waals surface area contributed by atoms with Crippen LogP contribution < -0.4 is 0 Å². The van der Waals surface area contributed by atoms with Crippen LogP contribution in [-0.4, -0.2) is 52.2 Å². The van der Waals surface area contributed by atoms with Crippen molar-refractivity contribution >= 4 is 21.1 Å². The number of hydrogen-bond acceptors (Lipinski definition) is 5. The van der Waals surface area contributed by atoms with E-state index in [2.05, 4.69) is 15.2 Å². The molecule has 3 rings (SSSR count). The Morgan fingerprint density at radius 1 is 1.50 bits per heavy atom. The molecule has 0 saturated carbocycles. The van der Waals surface area contributed by atoms with Gasteiger partial charge in [0.1, 0.15) is 0 Å². The highest BCUT2D eigenvalue weighted by Gasteiger charge is 2.33. The Hall–Kier alpha value is -1.51. The fourth-order valence-corrected chi connectivity index (χ4v) is 3.65. The lowest BCUT2D eigenvalue weighted by molar-refractivity contribution is 0.189. The third kappa shape index (κ3) is 1.69. The van der Waals surface area contributed by atoms with Gasteiger partial charge in [0, 0.05) is 19.3 Å². The van der Waals surface area contributed by atoms with Crippen molar-refractivity contribution in [2.45, 2.75) is 17.6 Å². The molecule has 1 aliphatic heterocycles. The number of aliphatic hydroxyl groups excluding tert-OH is 1. The zero-order valence-corrected chi connectivity index (χ0v) is 10.3. The third-order valence-electron chi connectivity index (χ3n) is 3.02. The van der Waals surface area contributed by atoms with E-state index in [0.717, 1.165) is 0 Å². The highest BCUT2D eigenvalue weighted by atomic mass is 32.2. The smallest absolute Gasteiger partial charge is 0.260 e. The Morgan fingerprint density at radius 2 is 2.33 bits per heavy atom. The summed E-state index contributed by atoms with van der Waals surface area (Å²) >= 11 is 0. The topological polar surface area (TPSA) is 99.2 Å². The summed E-state index contributed by atoms with van der Waals surface area (Å²) in [6.45, 7) is 0.452. The second-order valence-corrected chi connectivity index (χ2v) is 6.11. The Labute approximate surface area is 103 Å². The fourth-order valence-electron chi connectivity index (χ4n) is 2.08. The molecule has 7 nitrogen and oxygen atoms in total. The van der Waals surface area contributed by atoms with Gasteiger partial charge in [-0.3, -0.25) is 5.10 Å². The summed E-state index contributed by atoms with van der Waals surface area (Å²) in [5.41, 5.74) is 0.371. The average Bonchev–Trinajstić information content (AvgIpc) is 2.95. The lowest BCUT2D eigenvalue weighted by Gasteiger charge is -2.14. The first-order valence-electron chi connectivity index (χ1n) is 5.56. The van der Waals surface area contributed by atoms with Crippen molar-refractivity contribution in [1.82, 2.24) is 19.5 Å². The molecule has 2 N–H and O–H groups in total. The molecule has 0 unspecified atom stereocenters. The monoisotopic (exact) mass is 268 g/mol. The molecule has 0 aromatic carbocycles. The van der Waals surface area contributed by atoms with Gasteiger partial charge in [-0.2, -0.15) is 9.40 Å². The molecular weight excluding hydrogens is 256 g/mol. The highest BCUT2D eigenvalue weighted by Crippen LogP contribution is 2.24. The molecule has 1 saturated heterocycles. The van der Waals surface area contributed by atoms with Crippen LogP contribution in [0.4, 0.5) is 0 Å². The number of sulfonamides is 1. The molecule has 8 heteroatoms. The summed E-state index contributed by atoms with van der Waals surface area (Å²) in [6, 6.07) is 3.32. The summed E-state index contributed by atoms with van der Waals surface area (Å²) < 4.78 is 26.0. The van der Waals surface area contributed by atoms with Crippen molar-refractivity contribution in [2.24, 2.45) is 0 Å². The van der Waals surface area contributed by atoms with Gasteiger partial charge in [0.15, 0.2) is 10.7 Å². The van der Waals surface area contributed by atoms with E-state index in [-0.39, 0.29) is 11.6 Å². The first-order chi connectivity index (χ1) is 8.59. The van der Waals surface area contributed by atoms with Gasteiger partial charge in [-0.05, 0) is 18.6 Å². The second-order valence-electron chi connectivity index (χ2n) is 4.23. The number of β-amino-alcohol motifs (C(OH)–C–C–N with tert-alkyl or cyclic N) is 1. The molecule has 2 aromatic heterocycles. The highest BCUT2D eigenvalue weighted by molar-refractivity contribution is 7.89. The van der Waals surface area contributed by atoms with Crippen molar-refractivity contribution in [3.63, 3.8) is 0 Å². The van der Waals surface area contributed by atoms with Crippen LogP contribution in [0, 0.1) is 0 Å². The minimum absolute atomic E-state index is 0.0414. The van der Waals surface area contributed by atoms with E-state index in [0.29, 0.717) is 24.0 Å². The van der Waals surface area contributed by atoms with Crippen molar-refractivity contribution in [3.05, 3.63) is 18.3 Å². The summed E-state index contributed by atoms with van der Waals surface area (Å²) in [6.07, 6.45) is 1.43. The Bertz CT molecular complexity index is 681. The van der Waals surface area contributed by atoms with Gasteiger partial charge in [0.25, 0.3) is 10.0 Å². The number of pyridine rings is 1. The van der Waals surface area contributed by atoms with E-state index >= 15 is 0 Å². The largest absolute Gasteiger partial charge is 0.392 e. The SMILES string of the molecule is O=S(=O)(c1[nH]nc2ncccc12)N1CC[C@@H](O)C1. The summed E-state index contributed by atoms with van der Waals surface area (Å²) in [7, 11) is -3.64. The zero-order chi connectivity index (χ0) is 12.8. The Balaban J connectivity index is 2.08. The maximum absolute atomic E-state index is 12.4. The quantitative estimate of drug-likeness (QED) is 0.780. The molecule has 1 aliphatic rings. The zero-order valence-electron chi connectivity index (χ0n) is 9.44. The number of nitrogens with one attached hydrogen (secondary N) is 1. The molecule has 0 aliphatic carbocycles.